The zero-order valence-corrected chi connectivity index (χ0v) is 17.6. The molecule has 1 saturated heterocycles. The van der Waals surface area contributed by atoms with E-state index in [9.17, 15) is 14.8 Å². The molecule has 8 heteroatoms. The lowest BCUT2D eigenvalue weighted by atomic mass is 9.81. The van der Waals surface area contributed by atoms with Gasteiger partial charge < -0.3 is 14.8 Å². The summed E-state index contributed by atoms with van der Waals surface area (Å²) in [7, 11) is 0. The van der Waals surface area contributed by atoms with Crippen molar-refractivity contribution in [1.82, 2.24) is 10.4 Å². The zero-order chi connectivity index (χ0) is 22.1. The Kier molecular flexibility index (Phi) is 5.98. The average Bonchev–Trinajstić information content (AvgIpc) is 3.05. The molecular weight excluding hydrogens is 386 g/mol. The molecule has 8 nitrogen and oxygen atoms in total. The summed E-state index contributed by atoms with van der Waals surface area (Å²) in [6.07, 6.45) is 0.576. The molecule has 0 radical (unpaired) electrons. The normalized spacial score (nSPS) is 19.6. The van der Waals surface area contributed by atoms with Crippen molar-refractivity contribution >= 4 is 11.8 Å². The highest BCUT2D eigenvalue weighted by molar-refractivity contribution is 5.94. The first-order chi connectivity index (χ1) is 14.2. The van der Waals surface area contributed by atoms with Gasteiger partial charge in [-0.2, -0.15) is 4.73 Å². The van der Waals surface area contributed by atoms with E-state index in [4.69, 9.17) is 9.94 Å². The van der Waals surface area contributed by atoms with Gasteiger partial charge in [0.2, 0.25) is 5.91 Å². The molecule has 1 aliphatic heterocycles. The average molecular weight is 413 g/mol. The van der Waals surface area contributed by atoms with Crippen LogP contribution >= 0.6 is 0 Å². The minimum Gasteiger partial charge on any atom is -0.618 e. The number of carbonyl (C=O) groups is 2. The molecule has 0 spiro atoms. The van der Waals surface area contributed by atoms with E-state index < -0.39 is 17.4 Å². The number of nitrogens with zero attached hydrogens (tertiary/aromatic N) is 2. The highest BCUT2D eigenvalue weighted by Gasteiger charge is 2.46. The van der Waals surface area contributed by atoms with Crippen LogP contribution in [0, 0.1) is 19.1 Å². The number of amides is 2. The van der Waals surface area contributed by atoms with Crippen LogP contribution in [-0.4, -0.2) is 34.5 Å². The van der Waals surface area contributed by atoms with E-state index in [1.54, 1.807) is 38.4 Å². The molecule has 1 aliphatic rings. The fourth-order valence-electron chi connectivity index (χ4n) is 3.88. The van der Waals surface area contributed by atoms with E-state index in [0.717, 1.165) is 15.9 Å². The molecule has 2 heterocycles. The second-order valence-electron chi connectivity index (χ2n) is 7.99. The summed E-state index contributed by atoms with van der Waals surface area (Å²) in [4.78, 5) is 26.2. The first-order valence-corrected chi connectivity index (χ1v) is 9.85. The quantitative estimate of drug-likeness (QED) is 0.326. The van der Waals surface area contributed by atoms with Crippen LogP contribution in [0.5, 0.6) is 5.75 Å². The van der Waals surface area contributed by atoms with Gasteiger partial charge >= 0.3 is 0 Å². The van der Waals surface area contributed by atoms with Gasteiger partial charge in [-0.15, -0.1) is 0 Å². The Morgan fingerprint density at radius 3 is 2.47 bits per heavy atom. The number of likely N-dealkylation sites (tertiary alicyclic amines) is 1. The monoisotopic (exact) mass is 413 g/mol. The minimum atomic E-state index is -0.738. The maximum Gasteiger partial charge on any atom is 0.265 e. The molecule has 0 saturated carbocycles. The van der Waals surface area contributed by atoms with Crippen molar-refractivity contribution < 1.29 is 24.3 Å². The summed E-state index contributed by atoms with van der Waals surface area (Å²) in [6, 6.07) is 10.2. The third-order valence-corrected chi connectivity index (χ3v) is 5.87. The van der Waals surface area contributed by atoms with Gasteiger partial charge in [0.15, 0.2) is 11.4 Å². The molecule has 2 amide bonds. The van der Waals surface area contributed by atoms with Crippen LogP contribution in [-0.2, 0) is 21.6 Å². The fraction of sp³-hybridized carbons (Fsp3) is 0.409. The van der Waals surface area contributed by atoms with Crippen molar-refractivity contribution in [2.75, 3.05) is 6.54 Å². The van der Waals surface area contributed by atoms with Gasteiger partial charge in [0, 0.05) is 38.1 Å². The van der Waals surface area contributed by atoms with Gasteiger partial charge in [0.1, 0.15) is 18.4 Å². The predicted molar refractivity (Wildman–Crippen MR) is 109 cm³/mol. The number of hydrogen-bond donors (Lipinski definition) is 2. The number of hydrogen-bond acceptors (Lipinski definition) is 5. The largest absolute Gasteiger partial charge is 0.618 e. The van der Waals surface area contributed by atoms with E-state index in [0.29, 0.717) is 36.7 Å². The van der Waals surface area contributed by atoms with E-state index in [1.165, 1.54) is 4.90 Å². The summed E-state index contributed by atoms with van der Waals surface area (Å²) in [5.74, 6) is -0.0921. The molecule has 30 heavy (non-hydrogen) atoms. The van der Waals surface area contributed by atoms with E-state index in [1.807, 2.05) is 31.2 Å². The van der Waals surface area contributed by atoms with Crippen molar-refractivity contribution in [2.45, 2.75) is 52.2 Å². The number of aromatic nitrogens is 1. The molecule has 160 valence electrons. The van der Waals surface area contributed by atoms with Crippen LogP contribution in [0.15, 0.2) is 36.4 Å². The summed E-state index contributed by atoms with van der Waals surface area (Å²) in [5, 5.41) is 20.6. The molecule has 2 aromatic rings. The van der Waals surface area contributed by atoms with Crippen molar-refractivity contribution in [2.24, 2.45) is 0 Å². The minimum absolute atomic E-state index is 0.145. The molecular formula is C22H27N3O5. The van der Waals surface area contributed by atoms with Gasteiger partial charge in [-0.3, -0.25) is 14.8 Å². The van der Waals surface area contributed by atoms with Crippen molar-refractivity contribution in [3.63, 3.8) is 0 Å². The topological polar surface area (TPSA) is 106 Å². The number of carbonyl (C=O) groups excluding carboxylic acids is 2. The summed E-state index contributed by atoms with van der Waals surface area (Å²) in [6.45, 7) is 7.74. The first-order valence-electron chi connectivity index (χ1n) is 9.85. The molecule has 1 fully saturated rings. The Hall–Kier alpha value is -3.13. The number of rotatable bonds is 6. The standard InChI is InChI=1S/C22H27N3O5/c1-14-11-17(12-15(2)25(14)29)13-30-19-7-5-18(6-8-19)22(4)9-10-24(21(22)27)16(3)20(26)23-28/h5-8,11-12,16,28H,9-10,13H2,1-4H3,(H,23,26). The molecule has 2 unspecified atom stereocenters. The van der Waals surface area contributed by atoms with Crippen molar-refractivity contribution in [3.8, 4) is 5.75 Å². The molecule has 1 aromatic carbocycles. The third kappa shape index (κ3) is 3.95. The Morgan fingerprint density at radius 2 is 1.90 bits per heavy atom. The SMILES string of the molecule is Cc1cc(COc2ccc(C3(C)CCN(C(C)C(=O)NO)C3=O)cc2)cc(C)[n+]1[O-]. The van der Waals surface area contributed by atoms with Crippen molar-refractivity contribution in [3.05, 3.63) is 64.1 Å². The lowest BCUT2D eigenvalue weighted by molar-refractivity contribution is -0.619. The summed E-state index contributed by atoms with van der Waals surface area (Å²) < 4.78 is 6.72. The highest BCUT2D eigenvalue weighted by atomic mass is 16.5. The Balaban J connectivity index is 1.69. The molecule has 3 rings (SSSR count). The maximum atomic E-state index is 13.0. The van der Waals surface area contributed by atoms with Crippen LogP contribution in [0.4, 0.5) is 0 Å². The number of nitrogens with one attached hydrogen (secondary N) is 1. The van der Waals surface area contributed by atoms with Crippen molar-refractivity contribution in [1.29, 1.82) is 0 Å². The van der Waals surface area contributed by atoms with Crippen LogP contribution in [0.25, 0.3) is 0 Å². The molecule has 1 aromatic heterocycles. The van der Waals surface area contributed by atoms with Gasteiger partial charge in [-0.25, -0.2) is 5.48 Å². The lowest BCUT2D eigenvalue weighted by Gasteiger charge is -2.27. The first kappa shape index (κ1) is 21.6. The zero-order valence-electron chi connectivity index (χ0n) is 17.6. The number of ether oxygens (including phenoxy) is 1. The Bertz CT molecular complexity index is 937. The van der Waals surface area contributed by atoms with Crippen LogP contribution in [0.1, 0.15) is 42.8 Å². The molecule has 0 aliphatic carbocycles. The number of pyridine rings is 1. The smallest absolute Gasteiger partial charge is 0.265 e. The van der Waals surface area contributed by atoms with E-state index >= 15 is 0 Å². The number of hydroxylamine groups is 1. The van der Waals surface area contributed by atoms with E-state index in [-0.39, 0.29) is 5.91 Å². The van der Waals surface area contributed by atoms with Gasteiger partial charge in [-0.1, -0.05) is 12.1 Å². The van der Waals surface area contributed by atoms with E-state index in [2.05, 4.69) is 0 Å². The van der Waals surface area contributed by atoms with Gasteiger partial charge in [0.25, 0.3) is 5.91 Å². The highest BCUT2D eigenvalue weighted by Crippen LogP contribution is 2.37. The lowest BCUT2D eigenvalue weighted by Crippen LogP contribution is -2.47. The molecule has 0 bridgehead atoms. The molecule has 2 atom stereocenters. The third-order valence-electron chi connectivity index (χ3n) is 5.87. The van der Waals surface area contributed by atoms with Crippen LogP contribution < -0.4 is 14.9 Å². The Labute approximate surface area is 175 Å². The number of benzene rings is 1. The molecule has 2 N–H and O–H groups in total. The van der Waals surface area contributed by atoms with Crippen LogP contribution in [0.2, 0.25) is 0 Å². The fourth-order valence-corrected chi connectivity index (χ4v) is 3.88. The second kappa shape index (κ2) is 8.31. The predicted octanol–water partition coefficient (Wildman–Crippen LogP) is 1.90. The van der Waals surface area contributed by atoms with Gasteiger partial charge in [0.05, 0.1) is 5.41 Å². The summed E-state index contributed by atoms with van der Waals surface area (Å²) in [5.41, 5.74) is 3.85. The number of aryl methyl sites for hydroxylation is 2. The maximum absolute atomic E-state index is 13.0. The Morgan fingerprint density at radius 1 is 1.30 bits per heavy atom. The second-order valence-corrected chi connectivity index (χ2v) is 7.99. The van der Waals surface area contributed by atoms with Crippen LogP contribution in [0.3, 0.4) is 0 Å². The summed E-state index contributed by atoms with van der Waals surface area (Å²) >= 11 is 0. The van der Waals surface area contributed by atoms with Gasteiger partial charge in [-0.05, 0) is 38.0 Å².